The van der Waals surface area contributed by atoms with Gasteiger partial charge in [0.25, 0.3) is 5.91 Å². The summed E-state index contributed by atoms with van der Waals surface area (Å²) in [5.74, 6) is -2.52. The highest BCUT2D eigenvalue weighted by molar-refractivity contribution is 7.22. The molecule has 1 heterocycles. The molecule has 0 fully saturated rings. The highest BCUT2D eigenvalue weighted by atomic mass is 32.1. The predicted molar refractivity (Wildman–Crippen MR) is 120 cm³/mol. The zero-order chi connectivity index (χ0) is 21.3. The lowest BCUT2D eigenvalue weighted by atomic mass is 9.91. The Morgan fingerprint density at radius 1 is 1.00 bits per heavy atom. The number of ketones is 1. The lowest BCUT2D eigenvalue weighted by Gasteiger charge is -2.11. The van der Waals surface area contributed by atoms with Gasteiger partial charge < -0.3 is 0 Å². The van der Waals surface area contributed by atoms with Crippen molar-refractivity contribution in [3.63, 3.8) is 0 Å². The molecular weight excluding hydrogens is 394 g/mol. The van der Waals surface area contributed by atoms with Crippen LogP contribution in [-0.2, 0) is 9.59 Å². The molecule has 148 valence electrons. The van der Waals surface area contributed by atoms with Gasteiger partial charge in [0.05, 0.1) is 16.3 Å². The molecule has 0 saturated carbocycles. The van der Waals surface area contributed by atoms with Gasteiger partial charge in [-0.15, -0.1) is 0 Å². The molecule has 0 bridgehead atoms. The molecular formula is C24H19N3O2S. The largest absolute Gasteiger partial charge is 0.295 e. The van der Waals surface area contributed by atoms with Gasteiger partial charge in [-0.3, -0.25) is 14.9 Å². The molecule has 0 aliphatic carbocycles. The fourth-order valence-corrected chi connectivity index (χ4v) is 4.45. The molecule has 3 aromatic carbocycles. The van der Waals surface area contributed by atoms with Gasteiger partial charge in [-0.2, -0.15) is 5.26 Å². The molecule has 0 radical (unpaired) electrons. The summed E-state index contributed by atoms with van der Waals surface area (Å²) in [5, 5.41) is 14.3. The van der Waals surface area contributed by atoms with Crippen LogP contribution < -0.4 is 5.32 Å². The summed E-state index contributed by atoms with van der Waals surface area (Å²) in [5.41, 5.74) is 2.44. The molecule has 0 aliphatic heterocycles. The number of hydrogen-bond acceptors (Lipinski definition) is 5. The van der Waals surface area contributed by atoms with E-state index in [1.807, 2.05) is 54.6 Å². The molecule has 4 rings (SSSR count). The fourth-order valence-electron chi connectivity index (χ4n) is 3.55. The maximum Gasteiger partial charge on any atom is 0.295 e. The summed E-state index contributed by atoms with van der Waals surface area (Å²) >= 11 is 1.31. The van der Waals surface area contributed by atoms with Crippen LogP contribution >= 0.6 is 11.3 Å². The smallest absolute Gasteiger partial charge is 0.295 e. The molecule has 0 unspecified atom stereocenters. The number of rotatable bonds is 5. The van der Waals surface area contributed by atoms with E-state index in [2.05, 4.69) is 24.1 Å². The molecule has 6 heteroatoms. The van der Waals surface area contributed by atoms with Crippen molar-refractivity contribution >= 4 is 49.1 Å². The number of nitriles is 1. The van der Waals surface area contributed by atoms with Crippen LogP contribution in [0.2, 0.25) is 0 Å². The number of amides is 1. The third kappa shape index (κ3) is 3.56. The number of nitrogens with zero attached hydrogens (tertiary/aromatic N) is 2. The third-order valence-corrected chi connectivity index (χ3v) is 5.98. The minimum Gasteiger partial charge on any atom is -0.295 e. The molecule has 0 spiro atoms. The maximum absolute atomic E-state index is 12.9. The van der Waals surface area contributed by atoms with Crippen molar-refractivity contribution in [3.8, 4) is 6.07 Å². The van der Waals surface area contributed by atoms with Gasteiger partial charge in [-0.1, -0.05) is 79.8 Å². The first-order valence-electron chi connectivity index (χ1n) is 9.61. The van der Waals surface area contributed by atoms with Gasteiger partial charge in [0.1, 0.15) is 5.92 Å². The quantitative estimate of drug-likeness (QED) is 0.445. The van der Waals surface area contributed by atoms with E-state index in [1.54, 1.807) is 12.1 Å². The molecule has 30 heavy (non-hydrogen) atoms. The molecule has 1 N–H and O–H groups in total. The number of anilines is 1. The van der Waals surface area contributed by atoms with E-state index in [4.69, 9.17) is 0 Å². The molecule has 4 aromatic rings. The lowest BCUT2D eigenvalue weighted by molar-refractivity contribution is -0.135. The van der Waals surface area contributed by atoms with E-state index in [0.29, 0.717) is 10.7 Å². The monoisotopic (exact) mass is 413 g/mol. The molecule has 0 aliphatic rings. The van der Waals surface area contributed by atoms with Crippen LogP contribution in [0.15, 0.2) is 60.7 Å². The average molecular weight is 414 g/mol. The predicted octanol–water partition coefficient (Wildman–Crippen LogP) is 5.39. The standard InChI is InChI=1S/C24H19N3O2S/c1-14(2)16-10-6-12-20-21(16)26-24(30-20)27-23(29)22(28)19(13-25)18-11-5-8-15-7-3-4-9-17(15)18/h3-12,14,19H,1-2H3,(H,26,27,29)/t19-/m1/s1. The van der Waals surface area contributed by atoms with E-state index < -0.39 is 17.6 Å². The van der Waals surface area contributed by atoms with E-state index in [-0.39, 0.29) is 5.92 Å². The zero-order valence-corrected chi connectivity index (χ0v) is 17.4. The minimum absolute atomic E-state index is 0.287. The Labute approximate surface area is 178 Å². The number of thiazole rings is 1. The summed E-state index contributed by atoms with van der Waals surface area (Å²) in [7, 11) is 0. The highest BCUT2D eigenvalue weighted by Crippen LogP contribution is 2.32. The maximum atomic E-state index is 12.9. The molecule has 1 atom stereocenters. The summed E-state index contributed by atoms with van der Waals surface area (Å²) < 4.78 is 0.940. The van der Waals surface area contributed by atoms with Crippen molar-refractivity contribution < 1.29 is 9.59 Å². The second-order valence-corrected chi connectivity index (χ2v) is 8.35. The van der Waals surface area contributed by atoms with E-state index >= 15 is 0 Å². The Morgan fingerprint density at radius 3 is 2.47 bits per heavy atom. The minimum atomic E-state index is -1.18. The molecule has 1 amide bonds. The van der Waals surface area contributed by atoms with E-state index in [0.717, 1.165) is 26.6 Å². The summed E-state index contributed by atoms with van der Waals surface area (Å²) in [6.07, 6.45) is 0. The highest BCUT2D eigenvalue weighted by Gasteiger charge is 2.29. The fraction of sp³-hybridized carbons (Fsp3) is 0.167. The first kappa shape index (κ1) is 19.7. The van der Waals surface area contributed by atoms with Gasteiger partial charge in [0.2, 0.25) is 5.78 Å². The number of Topliss-reactive ketones (excluding diaryl/α,β-unsaturated/α-hetero) is 1. The molecule has 5 nitrogen and oxygen atoms in total. The van der Waals surface area contributed by atoms with Crippen molar-refractivity contribution in [1.29, 1.82) is 5.26 Å². The lowest BCUT2D eigenvalue weighted by Crippen LogP contribution is -2.27. The van der Waals surface area contributed by atoms with Crippen molar-refractivity contribution in [2.45, 2.75) is 25.7 Å². The number of nitrogens with one attached hydrogen (secondary N) is 1. The van der Waals surface area contributed by atoms with Gasteiger partial charge in [0, 0.05) is 0 Å². The number of para-hydroxylation sites is 1. The number of carbonyl (C=O) groups is 2. The van der Waals surface area contributed by atoms with Crippen LogP contribution in [0.3, 0.4) is 0 Å². The molecule has 0 saturated heterocycles. The summed E-state index contributed by atoms with van der Waals surface area (Å²) in [4.78, 5) is 30.0. The average Bonchev–Trinajstić information content (AvgIpc) is 3.16. The number of aromatic nitrogens is 1. The van der Waals surface area contributed by atoms with Crippen molar-refractivity contribution in [1.82, 2.24) is 4.98 Å². The van der Waals surface area contributed by atoms with E-state index in [1.165, 1.54) is 11.3 Å². The Balaban J connectivity index is 1.63. The first-order chi connectivity index (χ1) is 14.5. The van der Waals surface area contributed by atoms with Crippen molar-refractivity contribution in [2.24, 2.45) is 0 Å². The van der Waals surface area contributed by atoms with Crippen molar-refractivity contribution in [3.05, 3.63) is 71.8 Å². The van der Waals surface area contributed by atoms with Crippen LogP contribution in [0.4, 0.5) is 5.13 Å². The second-order valence-electron chi connectivity index (χ2n) is 7.32. The van der Waals surface area contributed by atoms with Crippen molar-refractivity contribution in [2.75, 3.05) is 5.32 Å². The summed E-state index contributed by atoms with van der Waals surface area (Å²) in [6, 6.07) is 20.8. The Bertz CT molecular complexity index is 1310. The van der Waals surface area contributed by atoms with Crippen LogP contribution in [0.1, 0.15) is 36.8 Å². The first-order valence-corrected chi connectivity index (χ1v) is 10.4. The van der Waals surface area contributed by atoms with Crippen LogP contribution in [-0.4, -0.2) is 16.7 Å². The van der Waals surface area contributed by atoms with Gasteiger partial charge in [0.15, 0.2) is 5.13 Å². The number of carbonyl (C=O) groups excluding carboxylic acids is 2. The van der Waals surface area contributed by atoms with Gasteiger partial charge in [-0.25, -0.2) is 4.98 Å². The Morgan fingerprint density at radius 2 is 1.70 bits per heavy atom. The van der Waals surface area contributed by atoms with Crippen LogP contribution in [0.25, 0.3) is 21.0 Å². The Kier molecular flexibility index (Phi) is 5.30. The van der Waals surface area contributed by atoms with Gasteiger partial charge in [-0.05, 0) is 33.9 Å². The third-order valence-electron chi connectivity index (χ3n) is 5.04. The number of fused-ring (bicyclic) bond motifs is 2. The number of hydrogen-bond donors (Lipinski definition) is 1. The topological polar surface area (TPSA) is 82.9 Å². The second kappa shape index (κ2) is 8.05. The van der Waals surface area contributed by atoms with Crippen LogP contribution in [0, 0.1) is 11.3 Å². The van der Waals surface area contributed by atoms with E-state index in [9.17, 15) is 14.9 Å². The normalized spacial score (nSPS) is 12.1. The number of benzene rings is 3. The van der Waals surface area contributed by atoms with Crippen LogP contribution in [0.5, 0.6) is 0 Å². The summed E-state index contributed by atoms with van der Waals surface area (Å²) in [6.45, 7) is 4.16. The SMILES string of the molecule is CC(C)c1cccc2sc(NC(=O)C(=O)[C@H](C#N)c3cccc4ccccc34)nc12. The van der Waals surface area contributed by atoms with Gasteiger partial charge >= 0.3 is 0 Å². The Hall–Kier alpha value is -3.56. The zero-order valence-electron chi connectivity index (χ0n) is 16.5. The molecule has 1 aromatic heterocycles.